The van der Waals surface area contributed by atoms with Crippen molar-refractivity contribution in [2.75, 3.05) is 0 Å². The molecule has 0 saturated carbocycles. The average molecular weight is 298 g/mol. The lowest BCUT2D eigenvalue weighted by molar-refractivity contribution is 0.0951. The topological polar surface area (TPSA) is 29.1 Å². The van der Waals surface area contributed by atoms with Crippen molar-refractivity contribution in [1.82, 2.24) is 5.32 Å². The molecule has 98 valence electrons. The Bertz CT molecular complexity index is 599. The highest BCUT2D eigenvalue weighted by atomic mass is 35.5. The van der Waals surface area contributed by atoms with E-state index in [2.05, 4.69) is 5.32 Å². The molecule has 0 aliphatic rings. The molecule has 0 radical (unpaired) electrons. The second-order valence-electron chi connectivity index (χ2n) is 3.91. The molecular formula is C14H10Cl2FNO. The lowest BCUT2D eigenvalue weighted by atomic mass is 10.2. The van der Waals surface area contributed by atoms with Gasteiger partial charge < -0.3 is 5.32 Å². The van der Waals surface area contributed by atoms with E-state index in [0.717, 1.165) is 5.56 Å². The smallest absolute Gasteiger partial charge is 0.253 e. The molecule has 0 spiro atoms. The summed E-state index contributed by atoms with van der Waals surface area (Å²) >= 11 is 11.8. The van der Waals surface area contributed by atoms with E-state index in [-0.39, 0.29) is 16.7 Å². The van der Waals surface area contributed by atoms with Crippen molar-refractivity contribution in [3.05, 3.63) is 69.5 Å². The Morgan fingerprint density at radius 2 is 1.79 bits per heavy atom. The summed E-state index contributed by atoms with van der Waals surface area (Å²) in [4.78, 5) is 11.9. The maximum atomic E-state index is 12.7. The third kappa shape index (κ3) is 3.46. The number of carbonyl (C=O) groups is 1. The SMILES string of the molecule is O=C(NCc1ccc(F)cc1)c1cccc(Cl)c1Cl. The largest absolute Gasteiger partial charge is 0.348 e. The number of halogens is 3. The van der Waals surface area contributed by atoms with Gasteiger partial charge in [-0.05, 0) is 29.8 Å². The molecule has 0 fully saturated rings. The lowest BCUT2D eigenvalue weighted by Crippen LogP contribution is -2.23. The molecule has 0 aromatic heterocycles. The summed E-state index contributed by atoms with van der Waals surface area (Å²) in [5.41, 5.74) is 1.11. The number of benzene rings is 2. The molecular weight excluding hydrogens is 288 g/mol. The molecule has 2 rings (SSSR count). The highest BCUT2D eigenvalue weighted by Crippen LogP contribution is 2.25. The van der Waals surface area contributed by atoms with Gasteiger partial charge in [-0.3, -0.25) is 4.79 Å². The van der Waals surface area contributed by atoms with Crippen molar-refractivity contribution in [3.63, 3.8) is 0 Å². The lowest BCUT2D eigenvalue weighted by Gasteiger charge is -2.07. The van der Waals surface area contributed by atoms with Gasteiger partial charge in [0.25, 0.3) is 5.91 Å². The molecule has 0 aliphatic heterocycles. The monoisotopic (exact) mass is 297 g/mol. The first-order chi connectivity index (χ1) is 9.08. The van der Waals surface area contributed by atoms with Crippen LogP contribution >= 0.6 is 23.2 Å². The van der Waals surface area contributed by atoms with Gasteiger partial charge in [0, 0.05) is 6.54 Å². The van der Waals surface area contributed by atoms with Crippen LogP contribution in [0.15, 0.2) is 42.5 Å². The van der Waals surface area contributed by atoms with Crippen LogP contribution in [0.3, 0.4) is 0 Å². The summed E-state index contributed by atoms with van der Waals surface area (Å²) in [5.74, 6) is -0.634. The number of hydrogen-bond donors (Lipinski definition) is 1. The van der Waals surface area contributed by atoms with Gasteiger partial charge in [0.2, 0.25) is 0 Å². The Hall–Kier alpha value is -1.58. The van der Waals surface area contributed by atoms with Gasteiger partial charge in [-0.1, -0.05) is 41.4 Å². The van der Waals surface area contributed by atoms with Crippen molar-refractivity contribution in [2.45, 2.75) is 6.54 Å². The van der Waals surface area contributed by atoms with Crippen LogP contribution in [-0.2, 0) is 6.54 Å². The van der Waals surface area contributed by atoms with Gasteiger partial charge >= 0.3 is 0 Å². The maximum absolute atomic E-state index is 12.7. The van der Waals surface area contributed by atoms with Crippen LogP contribution in [0, 0.1) is 5.82 Å². The standard InChI is InChI=1S/C14H10Cl2FNO/c15-12-3-1-2-11(13(12)16)14(19)18-8-9-4-6-10(17)7-5-9/h1-7H,8H2,(H,18,19). The molecule has 0 aliphatic carbocycles. The normalized spacial score (nSPS) is 10.3. The zero-order chi connectivity index (χ0) is 13.8. The van der Waals surface area contributed by atoms with E-state index in [1.54, 1.807) is 30.3 Å². The van der Waals surface area contributed by atoms with Crippen LogP contribution in [-0.4, -0.2) is 5.91 Å². The number of rotatable bonds is 3. The molecule has 2 aromatic carbocycles. The fourth-order valence-electron chi connectivity index (χ4n) is 1.56. The van der Waals surface area contributed by atoms with E-state index >= 15 is 0 Å². The predicted octanol–water partition coefficient (Wildman–Crippen LogP) is 4.06. The molecule has 1 amide bonds. The first kappa shape index (κ1) is 13.8. The van der Waals surface area contributed by atoms with E-state index < -0.39 is 0 Å². The van der Waals surface area contributed by atoms with Crippen molar-refractivity contribution < 1.29 is 9.18 Å². The first-order valence-corrected chi connectivity index (χ1v) is 6.30. The van der Waals surface area contributed by atoms with Gasteiger partial charge in [-0.25, -0.2) is 4.39 Å². The minimum atomic E-state index is -0.322. The zero-order valence-corrected chi connectivity index (χ0v) is 11.3. The molecule has 0 atom stereocenters. The quantitative estimate of drug-likeness (QED) is 0.909. The Kier molecular flexibility index (Phi) is 4.40. The number of hydrogen-bond acceptors (Lipinski definition) is 1. The molecule has 0 heterocycles. The van der Waals surface area contributed by atoms with Crippen LogP contribution in [0.1, 0.15) is 15.9 Å². The highest BCUT2D eigenvalue weighted by Gasteiger charge is 2.11. The van der Waals surface area contributed by atoms with Crippen molar-refractivity contribution in [3.8, 4) is 0 Å². The third-order valence-corrected chi connectivity index (χ3v) is 3.38. The minimum absolute atomic E-state index is 0.223. The zero-order valence-electron chi connectivity index (χ0n) is 9.79. The van der Waals surface area contributed by atoms with Crippen molar-refractivity contribution in [1.29, 1.82) is 0 Å². The molecule has 2 aromatic rings. The summed E-state index contributed by atoms with van der Waals surface area (Å²) in [6, 6.07) is 10.8. The van der Waals surface area contributed by atoms with Gasteiger partial charge in [0.05, 0.1) is 15.6 Å². The van der Waals surface area contributed by atoms with Crippen molar-refractivity contribution in [2.24, 2.45) is 0 Å². The molecule has 0 saturated heterocycles. The summed E-state index contributed by atoms with van der Waals surface area (Å²) < 4.78 is 12.7. The van der Waals surface area contributed by atoms with Crippen LogP contribution in [0.25, 0.3) is 0 Å². The molecule has 0 unspecified atom stereocenters. The Labute approximate surface area is 120 Å². The summed E-state index contributed by atoms with van der Waals surface area (Å²) in [5, 5.41) is 3.25. The van der Waals surface area contributed by atoms with E-state index in [4.69, 9.17) is 23.2 Å². The van der Waals surface area contributed by atoms with Crippen molar-refractivity contribution >= 4 is 29.1 Å². The Morgan fingerprint density at radius 1 is 1.11 bits per heavy atom. The van der Waals surface area contributed by atoms with Crippen LogP contribution in [0.4, 0.5) is 4.39 Å². The summed E-state index contributed by atoms with van der Waals surface area (Å²) in [7, 11) is 0. The van der Waals surface area contributed by atoms with Gasteiger partial charge in [0.15, 0.2) is 0 Å². The van der Waals surface area contributed by atoms with Crippen LogP contribution in [0.5, 0.6) is 0 Å². The van der Waals surface area contributed by atoms with E-state index in [0.29, 0.717) is 17.1 Å². The fraction of sp³-hybridized carbons (Fsp3) is 0.0714. The van der Waals surface area contributed by atoms with Crippen LogP contribution < -0.4 is 5.32 Å². The number of amides is 1. The van der Waals surface area contributed by atoms with E-state index in [1.807, 2.05) is 0 Å². The van der Waals surface area contributed by atoms with Crippen LogP contribution in [0.2, 0.25) is 10.0 Å². The first-order valence-electron chi connectivity index (χ1n) is 5.54. The summed E-state index contributed by atoms with van der Waals surface area (Å²) in [6.07, 6.45) is 0. The molecule has 19 heavy (non-hydrogen) atoms. The van der Waals surface area contributed by atoms with Gasteiger partial charge in [0.1, 0.15) is 5.82 Å². The molecule has 0 bridgehead atoms. The Balaban J connectivity index is 2.05. The van der Waals surface area contributed by atoms with E-state index in [1.165, 1.54) is 12.1 Å². The molecule has 2 nitrogen and oxygen atoms in total. The van der Waals surface area contributed by atoms with E-state index in [9.17, 15) is 9.18 Å². The highest BCUT2D eigenvalue weighted by molar-refractivity contribution is 6.43. The molecule has 1 N–H and O–H groups in total. The Morgan fingerprint density at radius 3 is 2.47 bits per heavy atom. The minimum Gasteiger partial charge on any atom is -0.348 e. The van der Waals surface area contributed by atoms with Gasteiger partial charge in [-0.2, -0.15) is 0 Å². The second-order valence-corrected chi connectivity index (χ2v) is 4.70. The third-order valence-electron chi connectivity index (χ3n) is 2.56. The average Bonchev–Trinajstić information content (AvgIpc) is 2.41. The second kappa shape index (κ2) is 6.04. The summed E-state index contributed by atoms with van der Waals surface area (Å²) in [6.45, 7) is 0.294. The van der Waals surface area contributed by atoms with Gasteiger partial charge in [-0.15, -0.1) is 0 Å². The number of carbonyl (C=O) groups excluding carboxylic acids is 1. The maximum Gasteiger partial charge on any atom is 0.253 e. The number of nitrogens with one attached hydrogen (secondary N) is 1. The predicted molar refractivity (Wildman–Crippen MR) is 74.0 cm³/mol. The molecule has 5 heteroatoms. The fourth-order valence-corrected chi connectivity index (χ4v) is 1.95.